The predicted molar refractivity (Wildman–Crippen MR) is 96.6 cm³/mol. The summed E-state index contributed by atoms with van der Waals surface area (Å²) in [6, 6.07) is 7.36. The van der Waals surface area contributed by atoms with Crippen LogP contribution in [0.5, 0.6) is 5.75 Å². The molecule has 1 aromatic rings. The van der Waals surface area contributed by atoms with Crippen molar-refractivity contribution in [3.05, 3.63) is 29.8 Å². The number of nitrogens with one attached hydrogen (secondary N) is 1. The van der Waals surface area contributed by atoms with E-state index in [-0.39, 0.29) is 35.8 Å². The lowest BCUT2D eigenvalue weighted by Gasteiger charge is -2.22. The summed E-state index contributed by atoms with van der Waals surface area (Å²) in [7, 11) is -1.44. The SMILES string of the molecule is COc1ccccc1CCNC(=O)C1CC(=O)N(C2CCS(=O)(=O)C2)C1. The van der Waals surface area contributed by atoms with E-state index >= 15 is 0 Å². The highest BCUT2D eigenvalue weighted by Gasteiger charge is 2.41. The molecule has 2 amide bonds. The predicted octanol–water partition coefficient (Wildman–Crippen LogP) is 0.390. The molecule has 3 rings (SSSR count). The van der Waals surface area contributed by atoms with Crippen molar-refractivity contribution in [2.45, 2.75) is 25.3 Å². The van der Waals surface area contributed by atoms with E-state index in [4.69, 9.17) is 4.74 Å². The maximum Gasteiger partial charge on any atom is 0.225 e. The van der Waals surface area contributed by atoms with E-state index in [2.05, 4.69) is 5.32 Å². The number of likely N-dealkylation sites (tertiary alicyclic amines) is 1. The molecule has 0 radical (unpaired) electrons. The molecule has 2 aliphatic heterocycles. The Morgan fingerprint density at radius 1 is 1.35 bits per heavy atom. The molecule has 8 heteroatoms. The zero-order chi connectivity index (χ0) is 18.7. The number of benzene rings is 1. The standard InChI is InChI=1S/C18H24N2O5S/c1-25-16-5-3-2-4-13(16)6-8-19-18(22)14-10-17(21)20(11-14)15-7-9-26(23,24)12-15/h2-5,14-15H,6-12H2,1H3,(H,19,22). The molecule has 1 N–H and O–H groups in total. The molecule has 2 atom stereocenters. The monoisotopic (exact) mass is 380 g/mol. The van der Waals surface area contributed by atoms with Crippen molar-refractivity contribution < 1.29 is 22.7 Å². The van der Waals surface area contributed by atoms with Crippen molar-refractivity contribution in [1.29, 1.82) is 0 Å². The number of carbonyl (C=O) groups is 2. The van der Waals surface area contributed by atoms with Gasteiger partial charge in [0.1, 0.15) is 5.75 Å². The first-order chi connectivity index (χ1) is 12.4. The lowest BCUT2D eigenvalue weighted by atomic mass is 10.1. The maximum absolute atomic E-state index is 12.4. The topological polar surface area (TPSA) is 92.8 Å². The Kier molecular flexibility index (Phi) is 5.50. The molecular weight excluding hydrogens is 356 g/mol. The molecule has 0 saturated carbocycles. The van der Waals surface area contributed by atoms with E-state index < -0.39 is 15.8 Å². The second-order valence-corrected chi connectivity index (χ2v) is 9.09. The number of amides is 2. The van der Waals surface area contributed by atoms with Crippen LogP contribution in [0, 0.1) is 5.92 Å². The van der Waals surface area contributed by atoms with Gasteiger partial charge in [0.15, 0.2) is 9.84 Å². The molecule has 2 fully saturated rings. The van der Waals surface area contributed by atoms with Gasteiger partial charge in [0, 0.05) is 25.6 Å². The number of hydrogen-bond donors (Lipinski definition) is 1. The van der Waals surface area contributed by atoms with E-state index in [0.717, 1.165) is 11.3 Å². The Hall–Kier alpha value is -2.09. The second kappa shape index (κ2) is 7.65. The molecule has 7 nitrogen and oxygen atoms in total. The molecule has 26 heavy (non-hydrogen) atoms. The fourth-order valence-corrected chi connectivity index (χ4v) is 5.39. The van der Waals surface area contributed by atoms with E-state index in [1.807, 2.05) is 24.3 Å². The molecule has 0 spiro atoms. The minimum absolute atomic E-state index is 0.0148. The van der Waals surface area contributed by atoms with Gasteiger partial charge in [0.25, 0.3) is 0 Å². The van der Waals surface area contributed by atoms with Gasteiger partial charge in [-0.1, -0.05) is 18.2 Å². The molecule has 2 aliphatic rings. The van der Waals surface area contributed by atoms with Crippen molar-refractivity contribution in [2.24, 2.45) is 5.92 Å². The summed E-state index contributed by atoms with van der Waals surface area (Å²) in [5.41, 5.74) is 1.01. The first-order valence-corrected chi connectivity index (χ1v) is 10.6. The van der Waals surface area contributed by atoms with Crippen LogP contribution in [0.2, 0.25) is 0 Å². The molecule has 0 bridgehead atoms. The minimum atomic E-state index is -3.05. The zero-order valence-corrected chi connectivity index (χ0v) is 15.6. The zero-order valence-electron chi connectivity index (χ0n) is 14.8. The summed E-state index contributed by atoms with van der Waals surface area (Å²) >= 11 is 0. The normalized spacial score (nSPS) is 24.7. The van der Waals surface area contributed by atoms with Crippen molar-refractivity contribution in [3.8, 4) is 5.75 Å². The Labute approximate surface area is 153 Å². The van der Waals surface area contributed by atoms with Gasteiger partial charge in [-0.05, 0) is 24.5 Å². The van der Waals surface area contributed by atoms with Crippen LogP contribution in [0.3, 0.4) is 0 Å². The van der Waals surface area contributed by atoms with Crippen molar-refractivity contribution in [2.75, 3.05) is 31.7 Å². The highest BCUT2D eigenvalue weighted by Crippen LogP contribution is 2.26. The van der Waals surface area contributed by atoms with Gasteiger partial charge in [-0.3, -0.25) is 9.59 Å². The van der Waals surface area contributed by atoms with Crippen LogP contribution in [-0.2, 0) is 25.8 Å². The maximum atomic E-state index is 12.4. The van der Waals surface area contributed by atoms with Crippen molar-refractivity contribution >= 4 is 21.7 Å². The summed E-state index contributed by atoms with van der Waals surface area (Å²) in [5, 5.41) is 2.88. The minimum Gasteiger partial charge on any atom is -0.496 e. The number of sulfone groups is 1. The third-order valence-corrected chi connectivity index (χ3v) is 6.81. The molecule has 2 heterocycles. The molecule has 2 saturated heterocycles. The number of methoxy groups -OCH3 is 1. The van der Waals surface area contributed by atoms with Gasteiger partial charge >= 0.3 is 0 Å². The highest BCUT2D eigenvalue weighted by atomic mass is 32.2. The fraction of sp³-hybridized carbons (Fsp3) is 0.556. The third-order valence-electron chi connectivity index (χ3n) is 5.06. The first-order valence-electron chi connectivity index (χ1n) is 8.79. The number of hydrogen-bond acceptors (Lipinski definition) is 5. The first kappa shape index (κ1) is 18.7. The molecule has 2 unspecified atom stereocenters. The van der Waals surface area contributed by atoms with Gasteiger partial charge < -0.3 is 15.0 Å². The average Bonchev–Trinajstić information content (AvgIpc) is 3.17. The molecular formula is C18H24N2O5S. The average molecular weight is 380 g/mol. The number of nitrogens with zero attached hydrogens (tertiary/aromatic N) is 1. The summed E-state index contributed by atoms with van der Waals surface area (Å²) in [5.74, 6) is 0.224. The number of ether oxygens (including phenoxy) is 1. The molecule has 0 aromatic heterocycles. The van der Waals surface area contributed by atoms with Gasteiger partial charge in [-0.2, -0.15) is 0 Å². The van der Waals surface area contributed by atoms with Gasteiger partial charge in [0.2, 0.25) is 11.8 Å². The van der Waals surface area contributed by atoms with Gasteiger partial charge in [0.05, 0.1) is 24.5 Å². The van der Waals surface area contributed by atoms with Crippen molar-refractivity contribution in [1.82, 2.24) is 10.2 Å². The summed E-state index contributed by atoms with van der Waals surface area (Å²) in [6.07, 6.45) is 1.26. The molecule has 0 aliphatic carbocycles. The van der Waals surface area contributed by atoms with Gasteiger partial charge in [-0.25, -0.2) is 8.42 Å². The highest BCUT2D eigenvalue weighted by molar-refractivity contribution is 7.91. The molecule has 142 valence electrons. The Balaban J connectivity index is 1.50. The van der Waals surface area contributed by atoms with Crippen LogP contribution in [0.1, 0.15) is 18.4 Å². The lowest BCUT2D eigenvalue weighted by Crippen LogP contribution is -2.39. The quantitative estimate of drug-likeness (QED) is 0.771. The second-order valence-electron chi connectivity index (χ2n) is 6.86. The summed E-state index contributed by atoms with van der Waals surface area (Å²) in [6.45, 7) is 0.765. The van der Waals surface area contributed by atoms with E-state index in [1.54, 1.807) is 12.0 Å². The summed E-state index contributed by atoms with van der Waals surface area (Å²) in [4.78, 5) is 26.2. The van der Waals surface area contributed by atoms with Crippen LogP contribution >= 0.6 is 0 Å². The number of rotatable bonds is 6. The Morgan fingerprint density at radius 3 is 2.81 bits per heavy atom. The van der Waals surface area contributed by atoms with Crippen LogP contribution in [0.25, 0.3) is 0 Å². The number of carbonyl (C=O) groups excluding carboxylic acids is 2. The lowest BCUT2D eigenvalue weighted by molar-refractivity contribution is -0.130. The van der Waals surface area contributed by atoms with E-state index in [0.29, 0.717) is 25.9 Å². The largest absolute Gasteiger partial charge is 0.496 e. The van der Waals surface area contributed by atoms with E-state index in [9.17, 15) is 18.0 Å². The Bertz CT molecular complexity index is 793. The van der Waals surface area contributed by atoms with Crippen LogP contribution in [0.4, 0.5) is 0 Å². The summed E-state index contributed by atoms with van der Waals surface area (Å²) < 4.78 is 28.5. The van der Waals surface area contributed by atoms with Crippen molar-refractivity contribution in [3.63, 3.8) is 0 Å². The van der Waals surface area contributed by atoms with Crippen LogP contribution in [0.15, 0.2) is 24.3 Å². The van der Waals surface area contributed by atoms with E-state index in [1.165, 1.54) is 0 Å². The van der Waals surface area contributed by atoms with Crippen LogP contribution in [-0.4, -0.2) is 62.9 Å². The Morgan fingerprint density at radius 2 is 2.12 bits per heavy atom. The van der Waals surface area contributed by atoms with Crippen LogP contribution < -0.4 is 10.1 Å². The fourth-order valence-electron chi connectivity index (χ4n) is 3.66. The smallest absolute Gasteiger partial charge is 0.225 e. The number of para-hydroxylation sites is 1. The third kappa shape index (κ3) is 4.17. The molecule has 1 aromatic carbocycles. The van der Waals surface area contributed by atoms with Gasteiger partial charge in [-0.15, -0.1) is 0 Å².